The molecule has 1 aliphatic heterocycles. The van der Waals surface area contributed by atoms with Crippen molar-refractivity contribution in [3.63, 3.8) is 0 Å². The zero-order chi connectivity index (χ0) is 22.9. The number of halogens is 3. The van der Waals surface area contributed by atoms with Gasteiger partial charge in [0.05, 0.1) is 24.7 Å². The number of piperazine rings is 1. The number of benzene rings is 1. The molecule has 0 aliphatic carbocycles. The van der Waals surface area contributed by atoms with Crippen LogP contribution in [0, 0.1) is 5.82 Å². The summed E-state index contributed by atoms with van der Waals surface area (Å²) in [4.78, 5) is 21.5. The number of alkyl halides is 2. The summed E-state index contributed by atoms with van der Waals surface area (Å²) in [6.07, 6.45) is 0.0733. The van der Waals surface area contributed by atoms with Crippen LogP contribution < -0.4 is 0 Å². The number of fused-ring (bicyclic) bond motifs is 1. The molecule has 10 heteroatoms. The van der Waals surface area contributed by atoms with Crippen LogP contribution >= 0.6 is 0 Å². The summed E-state index contributed by atoms with van der Waals surface area (Å²) >= 11 is 0. The van der Waals surface area contributed by atoms with Crippen LogP contribution in [0.25, 0.3) is 16.9 Å². The Bertz CT molecular complexity index is 1260. The Morgan fingerprint density at radius 3 is 2.52 bits per heavy atom. The zero-order valence-corrected chi connectivity index (χ0v) is 17.5. The molecule has 1 fully saturated rings. The third-order valence-corrected chi connectivity index (χ3v) is 5.71. The molecule has 1 saturated heterocycles. The highest BCUT2D eigenvalue weighted by molar-refractivity contribution is 6.00. The maximum atomic E-state index is 13.8. The van der Waals surface area contributed by atoms with Crippen molar-refractivity contribution in [3.8, 4) is 11.3 Å². The van der Waals surface area contributed by atoms with Crippen LogP contribution in [0.4, 0.5) is 13.2 Å². The van der Waals surface area contributed by atoms with Gasteiger partial charge in [-0.3, -0.25) is 9.69 Å². The Morgan fingerprint density at radius 1 is 1.09 bits per heavy atom. The molecular formula is C23H20F3N5O2. The van der Waals surface area contributed by atoms with E-state index in [0.717, 1.165) is 10.3 Å². The summed E-state index contributed by atoms with van der Waals surface area (Å²) in [5.41, 5.74) is 0.500. The third-order valence-electron chi connectivity index (χ3n) is 5.71. The summed E-state index contributed by atoms with van der Waals surface area (Å²) in [5.74, 6) is 0.0985. The van der Waals surface area contributed by atoms with Crippen molar-refractivity contribution in [2.45, 2.75) is 13.0 Å². The summed E-state index contributed by atoms with van der Waals surface area (Å²) in [6, 6.07) is 10.3. The number of rotatable bonds is 5. The van der Waals surface area contributed by atoms with Gasteiger partial charge in [0, 0.05) is 31.7 Å². The van der Waals surface area contributed by atoms with Crippen LogP contribution in [0.3, 0.4) is 0 Å². The van der Waals surface area contributed by atoms with Crippen LogP contribution in [0.5, 0.6) is 0 Å². The molecule has 4 heterocycles. The Morgan fingerprint density at radius 2 is 1.85 bits per heavy atom. The topological polar surface area (TPSA) is 66.9 Å². The lowest BCUT2D eigenvalue weighted by Crippen LogP contribution is -2.48. The minimum atomic E-state index is -2.83. The molecule has 170 valence electrons. The van der Waals surface area contributed by atoms with E-state index in [1.165, 1.54) is 36.5 Å². The molecule has 0 bridgehead atoms. The average Bonchev–Trinajstić information content (AvgIpc) is 3.49. The first-order valence-corrected chi connectivity index (χ1v) is 10.5. The van der Waals surface area contributed by atoms with Crippen molar-refractivity contribution in [1.82, 2.24) is 24.4 Å². The number of hydrogen-bond acceptors (Lipinski definition) is 5. The van der Waals surface area contributed by atoms with Crippen molar-refractivity contribution >= 4 is 11.6 Å². The van der Waals surface area contributed by atoms with Crippen molar-refractivity contribution in [2.75, 3.05) is 26.2 Å². The number of nitrogens with zero attached hydrogens (tertiary/aromatic N) is 5. The summed E-state index contributed by atoms with van der Waals surface area (Å²) in [6.45, 7) is 2.93. The monoisotopic (exact) mass is 455 g/mol. The lowest BCUT2D eigenvalue weighted by atomic mass is 10.1. The Balaban J connectivity index is 1.42. The standard InChI is InChI=1S/C23H20F3N5O2/c24-16-5-3-15(4-6-16)19-12-20(21(25)26)31-22(28-19)18(13-27-31)23(32)30-9-7-29(8-10-30)14-17-2-1-11-33-17/h1-6,11-13,21H,7-10,14H2. The molecule has 0 spiro atoms. The maximum absolute atomic E-state index is 13.8. The van der Waals surface area contributed by atoms with Crippen molar-refractivity contribution in [3.05, 3.63) is 77.8 Å². The fraction of sp³-hybridized carbons (Fsp3) is 0.261. The van der Waals surface area contributed by atoms with E-state index in [1.54, 1.807) is 11.2 Å². The van der Waals surface area contributed by atoms with Gasteiger partial charge in [0.25, 0.3) is 12.3 Å². The van der Waals surface area contributed by atoms with Gasteiger partial charge in [-0.05, 0) is 42.5 Å². The van der Waals surface area contributed by atoms with Gasteiger partial charge in [0.2, 0.25) is 0 Å². The van der Waals surface area contributed by atoms with Gasteiger partial charge in [0.1, 0.15) is 22.8 Å². The lowest BCUT2D eigenvalue weighted by Gasteiger charge is -2.34. The predicted octanol–water partition coefficient (Wildman–Crippen LogP) is 4.02. The minimum Gasteiger partial charge on any atom is -0.468 e. The fourth-order valence-electron chi connectivity index (χ4n) is 3.96. The molecule has 4 aromatic rings. The molecule has 33 heavy (non-hydrogen) atoms. The summed E-state index contributed by atoms with van der Waals surface area (Å²) in [5, 5.41) is 4.01. The molecule has 3 aromatic heterocycles. The van der Waals surface area contributed by atoms with Crippen molar-refractivity contribution in [2.24, 2.45) is 0 Å². The number of carbonyl (C=O) groups is 1. The molecule has 1 aliphatic rings. The number of hydrogen-bond donors (Lipinski definition) is 0. The molecule has 5 rings (SSSR count). The second kappa shape index (κ2) is 8.70. The van der Waals surface area contributed by atoms with Gasteiger partial charge in [0.15, 0.2) is 5.65 Å². The van der Waals surface area contributed by atoms with E-state index in [4.69, 9.17) is 4.42 Å². The van der Waals surface area contributed by atoms with Gasteiger partial charge in [-0.2, -0.15) is 5.10 Å². The van der Waals surface area contributed by atoms with Crippen LogP contribution in [0.2, 0.25) is 0 Å². The number of amides is 1. The van der Waals surface area contributed by atoms with Crippen molar-refractivity contribution in [1.29, 1.82) is 0 Å². The average molecular weight is 455 g/mol. The van der Waals surface area contributed by atoms with Crippen LogP contribution in [-0.2, 0) is 6.54 Å². The second-order valence-corrected chi connectivity index (χ2v) is 7.82. The minimum absolute atomic E-state index is 0.0511. The van der Waals surface area contributed by atoms with E-state index in [1.807, 2.05) is 12.1 Å². The molecule has 1 aromatic carbocycles. The van der Waals surface area contributed by atoms with Crippen LogP contribution in [-0.4, -0.2) is 56.5 Å². The first-order chi connectivity index (χ1) is 16.0. The van der Waals surface area contributed by atoms with E-state index < -0.39 is 12.2 Å². The quantitative estimate of drug-likeness (QED) is 0.455. The first-order valence-electron chi connectivity index (χ1n) is 10.5. The molecule has 7 nitrogen and oxygen atoms in total. The fourth-order valence-corrected chi connectivity index (χ4v) is 3.96. The predicted molar refractivity (Wildman–Crippen MR) is 113 cm³/mol. The lowest BCUT2D eigenvalue weighted by molar-refractivity contribution is 0.0622. The highest BCUT2D eigenvalue weighted by Crippen LogP contribution is 2.27. The largest absolute Gasteiger partial charge is 0.468 e. The second-order valence-electron chi connectivity index (χ2n) is 7.82. The van der Waals surface area contributed by atoms with Crippen molar-refractivity contribution < 1.29 is 22.4 Å². The summed E-state index contributed by atoms with van der Waals surface area (Å²) < 4.78 is 47.2. The van der Waals surface area contributed by atoms with Crippen LogP contribution in [0.1, 0.15) is 28.2 Å². The van der Waals surface area contributed by atoms with Crippen LogP contribution in [0.15, 0.2) is 59.3 Å². The molecular weight excluding hydrogens is 435 g/mol. The third kappa shape index (κ3) is 4.21. The van der Waals surface area contributed by atoms with E-state index >= 15 is 0 Å². The Labute approximate surface area is 187 Å². The van der Waals surface area contributed by atoms with E-state index in [2.05, 4.69) is 15.0 Å². The molecule has 0 radical (unpaired) electrons. The maximum Gasteiger partial charge on any atom is 0.280 e. The van der Waals surface area contributed by atoms with Gasteiger partial charge in [-0.25, -0.2) is 22.7 Å². The molecule has 0 unspecified atom stereocenters. The van der Waals surface area contributed by atoms with E-state index in [9.17, 15) is 18.0 Å². The molecule has 0 saturated carbocycles. The highest BCUT2D eigenvalue weighted by atomic mass is 19.3. The van der Waals surface area contributed by atoms with Gasteiger partial charge < -0.3 is 9.32 Å². The van der Waals surface area contributed by atoms with Gasteiger partial charge in [-0.15, -0.1) is 0 Å². The highest BCUT2D eigenvalue weighted by Gasteiger charge is 2.27. The molecule has 0 N–H and O–H groups in total. The van der Waals surface area contributed by atoms with E-state index in [-0.39, 0.29) is 28.5 Å². The first kappa shape index (κ1) is 21.2. The number of furan rings is 1. The Kier molecular flexibility index (Phi) is 5.59. The van der Waals surface area contributed by atoms with E-state index in [0.29, 0.717) is 38.3 Å². The normalized spacial score (nSPS) is 15.0. The number of carbonyl (C=O) groups excluding carboxylic acids is 1. The number of aromatic nitrogens is 3. The van der Waals surface area contributed by atoms with Gasteiger partial charge >= 0.3 is 0 Å². The van der Waals surface area contributed by atoms with Gasteiger partial charge in [-0.1, -0.05) is 0 Å². The smallest absolute Gasteiger partial charge is 0.280 e. The summed E-state index contributed by atoms with van der Waals surface area (Å²) in [7, 11) is 0. The molecule has 1 amide bonds. The zero-order valence-electron chi connectivity index (χ0n) is 17.5. The molecule has 0 atom stereocenters. The Hall–Kier alpha value is -3.66. The SMILES string of the molecule is O=C(c1cnn2c(C(F)F)cc(-c3ccc(F)cc3)nc12)N1CCN(Cc2ccco2)CC1.